The van der Waals surface area contributed by atoms with E-state index >= 15 is 0 Å². The van der Waals surface area contributed by atoms with Crippen molar-refractivity contribution in [2.45, 2.75) is 6.54 Å². The number of piperazine rings is 1. The van der Waals surface area contributed by atoms with Crippen LogP contribution in [-0.4, -0.2) is 55.6 Å². The topological polar surface area (TPSA) is 42.0 Å². The van der Waals surface area contributed by atoms with Crippen molar-refractivity contribution in [2.75, 3.05) is 39.9 Å². The van der Waals surface area contributed by atoms with Crippen molar-refractivity contribution in [1.82, 2.24) is 9.80 Å². The molecule has 1 heterocycles. The monoisotopic (exact) mass is 418 g/mol. The summed E-state index contributed by atoms with van der Waals surface area (Å²) in [6.45, 7) is 7.27. The maximum Gasteiger partial charge on any atom is 0.254 e. The molecular weight excluding hydrogens is 395 g/mol. The first-order chi connectivity index (χ1) is 14.0. The summed E-state index contributed by atoms with van der Waals surface area (Å²) in [5, 5.41) is 0.425. The summed E-state index contributed by atoms with van der Waals surface area (Å²) in [4.78, 5) is 16.9. The zero-order valence-electron chi connectivity index (χ0n) is 16.4. The Hall–Kier alpha value is -2.57. The highest BCUT2D eigenvalue weighted by Gasteiger charge is 2.23. The van der Waals surface area contributed by atoms with Crippen LogP contribution in [0, 0.1) is 5.82 Å². The Morgan fingerprint density at radius 3 is 2.59 bits per heavy atom. The fourth-order valence-corrected chi connectivity index (χ4v) is 3.48. The minimum absolute atomic E-state index is 0.0435. The summed E-state index contributed by atoms with van der Waals surface area (Å²) in [6, 6.07) is 9.63. The number of hydrogen-bond acceptors (Lipinski definition) is 4. The van der Waals surface area contributed by atoms with Gasteiger partial charge in [-0.3, -0.25) is 9.69 Å². The van der Waals surface area contributed by atoms with Gasteiger partial charge >= 0.3 is 0 Å². The number of rotatable bonds is 7. The van der Waals surface area contributed by atoms with Gasteiger partial charge in [-0.05, 0) is 35.9 Å². The molecule has 1 fully saturated rings. The number of carbonyl (C=O) groups excluding carboxylic acids is 1. The van der Waals surface area contributed by atoms with Gasteiger partial charge in [0.25, 0.3) is 5.91 Å². The Balaban J connectivity index is 1.60. The Labute approximate surface area is 175 Å². The van der Waals surface area contributed by atoms with Crippen LogP contribution in [0.2, 0.25) is 5.02 Å². The predicted octanol–water partition coefficient (Wildman–Crippen LogP) is 4.01. The number of halogens is 2. The number of carbonyl (C=O) groups is 1. The molecule has 1 aliphatic rings. The number of ether oxygens (including phenoxy) is 2. The van der Waals surface area contributed by atoms with E-state index in [1.165, 1.54) is 12.1 Å². The van der Waals surface area contributed by atoms with Gasteiger partial charge in [0.2, 0.25) is 0 Å². The van der Waals surface area contributed by atoms with E-state index in [9.17, 15) is 9.18 Å². The third-order valence-corrected chi connectivity index (χ3v) is 5.19. The highest BCUT2D eigenvalue weighted by atomic mass is 35.5. The van der Waals surface area contributed by atoms with Crippen LogP contribution >= 0.6 is 11.6 Å². The smallest absolute Gasteiger partial charge is 0.254 e. The predicted molar refractivity (Wildman–Crippen MR) is 111 cm³/mol. The van der Waals surface area contributed by atoms with Crippen molar-refractivity contribution in [1.29, 1.82) is 0 Å². The van der Waals surface area contributed by atoms with E-state index in [4.69, 9.17) is 21.1 Å². The van der Waals surface area contributed by atoms with Crippen LogP contribution in [0.5, 0.6) is 11.5 Å². The lowest BCUT2D eigenvalue weighted by molar-refractivity contribution is 0.0628. The first-order valence-electron chi connectivity index (χ1n) is 9.39. The number of benzene rings is 2. The molecule has 154 valence electrons. The van der Waals surface area contributed by atoms with E-state index in [1.807, 2.05) is 4.90 Å². The van der Waals surface area contributed by atoms with Crippen LogP contribution in [0.25, 0.3) is 0 Å². The van der Waals surface area contributed by atoms with E-state index in [1.54, 1.807) is 37.5 Å². The van der Waals surface area contributed by atoms with Crippen LogP contribution in [0.15, 0.2) is 49.1 Å². The molecule has 1 amide bonds. The van der Waals surface area contributed by atoms with Crippen LogP contribution in [0.4, 0.5) is 4.39 Å². The van der Waals surface area contributed by atoms with Gasteiger partial charge in [0.1, 0.15) is 12.4 Å². The zero-order chi connectivity index (χ0) is 20.8. The standard InChI is InChI=1S/C22H24ClFN2O3/c1-3-12-29-20-7-5-16(13-21(20)28-2)22(27)26-10-8-25(9-11-26)15-17-4-6-18(24)14-19(17)23/h3-7,13-14H,1,8-12,15H2,2H3. The molecule has 2 aromatic rings. The molecule has 5 nitrogen and oxygen atoms in total. The maximum atomic E-state index is 13.2. The molecular formula is C22H24ClFN2O3. The van der Waals surface area contributed by atoms with Crippen molar-refractivity contribution < 1.29 is 18.7 Å². The molecule has 0 spiro atoms. The molecule has 0 bridgehead atoms. The maximum absolute atomic E-state index is 13.2. The molecule has 2 aromatic carbocycles. The SMILES string of the molecule is C=CCOc1ccc(C(=O)N2CCN(Cc3ccc(F)cc3Cl)CC2)cc1OC. The molecule has 0 aliphatic carbocycles. The van der Waals surface area contributed by atoms with Crippen molar-refractivity contribution in [3.63, 3.8) is 0 Å². The molecule has 0 aromatic heterocycles. The molecule has 3 rings (SSSR count). The molecule has 0 atom stereocenters. The Morgan fingerprint density at radius 2 is 1.93 bits per heavy atom. The third kappa shape index (κ3) is 5.28. The van der Waals surface area contributed by atoms with Gasteiger partial charge in [-0.2, -0.15) is 0 Å². The molecule has 1 aliphatic heterocycles. The molecule has 0 saturated carbocycles. The summed E-state index contributed by atoms with van der Waals surface area (Å²) in [7, 11) is 1.55. The normalized spacial score (nSPS) is 14.5. The van der Waals surface area contributed by atoms with Crippen LogP contribution in [0.1, 0.15) is 15.9 Å². The van der Waals surface area contributed by atoms with Crippen molar-refractivity contribution in [3.05, 3.63) is 71.0 Å². The quantitative estimate of drug-likeness (QED) is 0.637. The van der Waals surface area contributed by atoms with Crippen molar-refractivity contribution >= 4 is 17.5 Å². The minimum atomic E-state index is -0.342. The molecule has 29 heavy (non-hydrogen) atoms. The molecule has 7 heteroatoms. The lowest BCUT2D eigenvalue weighted by Gasteiger charge is -2.35. The fraction of sp³-hybridized carbons (Fsp3) is 0.318. The van der Waals surface area contributed by atoms with Crippen molar-refractivity contribution in [3.8, 4) is 11.5 Å². The number of amides is 1. The van der Waals surface area contributed by atoms with Crippen molar-refractivity contribution in [2.24, 2.45) is 0 Å². The average molecular weight is 419 g/mol. The van der Waals surface area contributed by atoms with E-state index in [0.29, 0.717) is 48.3 Å². The first-order valence-corrected chi connectivity index (χ1v) is 9.77. The van der Waals surface area contributed by atoms with Gasteiger partial charge in [-0.15, -0.1) is 0 Å². The van der Waals surface area contributed by atoms with Crippen LogP contribution in [-0.2, 0) is 6.54 Å². The van der Waals surface area contributed by atoms with E-state index in [-0.39, 0.29) is 11.7 Å². The average Bonchev–Trinajstić information content (AvgIpc) is 2.74. The van der Waals surface area contributed by atoms with Gasteiger partial charge in [0, 0.05) is 43.3 Å². The van der Waals surface area contributed by atoms with E-state index in [0.717, 1.165) is 18.7 Å². The minimum Gasteiger partial charge on any atom is -0.493 e. The Kier molecular flexibility index (Phi) is 7.12. The summed E-state index contributed by atoms with van der Waals surface area (Å²) in [5.41, 5.74) is 1.44. The van der Waals surface area contributed by atoms with Gasteiger partial charge in [0.15, 0.2) is 11.5 Å². The van der Waals surface area contributed by atoms with Crippen LogP contribution in [0.3, 0.4) is 0 Å². The van der Waals surface area contributed by atoms with E-state index in [2.05, 4.69) is 11.5 Å². The van der Waals surface area contributed by atoms with Gasteiger partial charge in [-0.1, -0.05) is 30.3 Å². The zero-order valence-corrected chi connectivity index (χ0v) is 17.1. The van der Waals surface area contributed by atoms with Gasteiger partial charge in [0.05, 0.1) is 7.11 Å². The molecule has 0 unspecified atom stereocenters. The Bertz CT molecular complexity index is 882. The third-order valence-electron chi connectivity index (χ3n) is 4.84. The number of hydrogen-bond donors (Lipinski definition) is 0. The lowest BCUT2D eigenvalue weighted by atomic mass is 10.1. The fourth-order valence-electron chi connectivity index (χ4n) is 3.25. The molecule has 1 saturated heterocycles. The summed E-state index contributed by atoms with van der Waals surface area (Å²) >= 11 is 6.12. The summed E-state index contributed by atoms with van der Waals surface area (Å²) in [6.07, 6.45) is 1.65. The van der Waals surface area contributed by atoms with Gasteiger partial charge in [-0.25, -0.2) is 4.39 Å². The second-order valence-corrected chi connectivity index (χ2v) is 7.18. The van der Waals surface area contributed by atoms with E-state index < -0.39 is 0 Å². The second kappa shape index (κ2) is 9.76. The second-order valence-electron chi connectivity index (χ2n) is 6.77. The molecule has 0 radical (unpaired) electrons. The lowest BCUT2D eigenvalue weighted by Crippen LogP contribution is -2.48. The number of methoxy groups -OCH3 is 1. The first kappa shape index (κ1) is 21.1. The summed E-state index contributed by atoms with van der Waals surface area (Å²) in [5.74, 6) is 0.704. The Morgan fingerprint density at radius 1 is 1.17 bits per heavy atom. The summed E-state index contributed by atoms with van der Waals surface area (Å²) < 4.78 is 24.1. The highest BCUT2D eigenvalue weighted by Crippen LogP contribution is 2.29. The van der Waals surface area contributed by atoms with Gasteiger partial charge < -0.3 is 14.4 Å². The molecule has 0 N–H and O–H groups in total. The highest BCUT2D eigenvalue weighted by molar-refractivity contribution is 6.31. The van der Waals surface area contributed by atoms with Crippen LogP contribution < -0.4 is 9.47 Å². The number of nitrogens with zero attached hydrogens (tertiary/aromatic N) is 2. The largest absolute Gasteiger partial charge is 0.493 e.